The van der Waals surface area contributed by atoms with E-state index in [-0.39, 0.29) is 11.7 Å². The summed E-state index contributed by atoms with van der Waals surface area (Å²) in [6.07, 6.45) is 0.624. The van der Waals surface area contributed by atoms with Crippen LogP contribution in [-0.2, 0) is 22.5 Å². The summed E-state index contributed by atoms with van der Waals surface area (Å²) in [7, 11) is 0. The molecule has 1 N–H and O–H groups in total. The number of ether oxygens (including phenoxy) is 2. The molecule has 0 bridgehead atoms. The van der Waals surface area contributed by atoms with Gasteiger partial charge >= 0.3 is 0 Å². The monoisotopic (exact) mass is 527 g/mol. The number of morpholine rings is 1. The van der Waals surface area contributed by atoms with Gasteiger partial charge in [-0.1, -0.05) is 48.5 Å². The number of fused-ring (bicyclic) bond motifs is 3. The van der Waals surface area contributed by atoms with Crippen LogP contribution in [0.1, 0.15) is 50.7 Å². The first-order valence-electron chi connectivity index (χ1n) is 12.8. The van der Waals surface area contributed by atoms with Gasteiger partial charge in [-0.15, -0.1) is 11.3 Å². The molecule has 0 spiro atoms. The standard InChI is InChI=1S/C30H29N3O4S/c1-30(2)17-21-22(18-37-30)31-28(33-13-15-36-16-14-33)26-23(21)24(32-29(35)20-11-7-4-8-12-20)27(38-26)25(34)19-9-5-3-6-10-19/h3-12H,13-18H2,1-2H3,(H,32,35). The van der Waals surface area contributed by atoms with Gasteiger partial charge in [0.15, 0.2) is 0 Å². The number of pyridine rings is 1. The van der Waals surface area contributed by atoms with E-state index in [0.29, 0.717) is 61.0 Å². The summed E-state index contributed by atoms with van der Waals surface area (Å²) in [6.45, 7) is 7.13. The summed E-state index contributed by atoms with van der Waals surface area (Å²) in [4.78, 5) is 35.2. The molecule has 7 nitrogen and oxygen atoms in total. The third kappa shape index (κ3) is 4.60. The molecule has 2 aromatic carbocycles. The van der Waals surface area contributed by atoms with E-state index in [9.17, 15) is 9.59 Å². The van der Waals surface area contributed by atoms with Crippen LogP contribution in [-0.4, -0.2) is 48.6 Å². The molecule has 6 rings (SSSR count). The number of hydrogen-bond donors (Lipinski definition) is 1. The highest BCUT2D eigenvalue weighted by Crippen LogP contribution is 2.46. The van der Waals surface area contributed by atoms with Crippen molar-refractivity contribution >= 4 is 44.6 Å². The first-order chi connectivity index (χ1) is 18.4. The topological polar surface area (TPSA) is 80.8 Å². The summed E-state index contributed by atoms with van der Waals surface area (Å²) in [5, 5.41) is 4.04. The lowest BCUT2D eigenvalue weighted by atomic mass is 9.91. The lowest BCUT2D eigenvalue weighted by Crippen LogP contribution is -2.38. The van der Waals surface area contributed by atoms with Crippen LogP contribution in [0.3, 0.4) is 0 Å². The average Bonchev–Trinajstić information content (AvgIpc) is 3.32. The molecule has 0 radical (unpaired) electrons. The molecule has 1 fully saturated rings. The highest BCUT2D eigenvalue weighted by atomic mass is 32.1. The molecular formula is C30H29N3O4S. The van der Waals surface area contributed by atoms with E-state index in [1.165, 1.54) is 11.3 Å². The van der Waals surface area contributed by atoms with Crippen molar-refractivity contribution in [3.8, 4) is 0 Å². The zero-order valence-corrected chi connectivity index (χ0v) is 22.3. The number of nitrogens with one attached hydrogen (secondary N) is 1. The van der Waals surface area contributed by atoms with Crippen LogP contribution < -0.4 is 10.2 Å². The van der Waals surface area contributed by atoms with Crippen molar-refractivity contribution in [2.75, 3.05) is 36.5 Å². The van der Waals surface area contributed by atoms with Crippen LogP contribution in [0.15, 0.2) is 60.7 Å². The minimum absolute atomic E-state index is 0.122. The molecule has 2 aromatic heterocycles. The van der Waals surface area contributed by atoms with Gasteiger partial charge in [0.2, 0.25) is 5.78 Å². The van der Waals surface area contributed by atoms with Crippen LogP contribution in [0.25, 0.3) is 10.1 Å². The summed E-state index contributed by atoms with van der Waals surface area (Å²) in [6, 6.07) is 18.3. The number of amides is 1. The largest absolute Gasteiger partial charge is 0.378 e. The second kappa shape index (κ2) is 9.94. The number of hydrogen-bond acceptors (Lipinski definition) is 7. The fourth-order valence-electron chi connectivity index (χ4n) is 5.08. The molecule has 2 aliphatic rings. The van der Waals surface area contributed by atoms with Crippen LogP contribution in [0, 0.1) is 0 Å². The number of carbonyl (C=O) groups is 2. The number of anilines is 2. The van der Waals surface area contributed by atoms with Crippen molar-refractivity contribution in [1.82, 2.24) is 4.98 Å². The lowest BCUT2D eigenvalue weighted by Gasteiger charge is -2.34. The van der Waals surface area contributed by atoms with Gasteiger partial charge in [0.1, 0.15) is 5.82 Å². The molecule has 194 valence electrons. The second-order valence-electron chi connectivity index (χ2n) is 10.2. The van der Waals surface area contributed by atoms with Crippen molar-refractivity contribution < 1.29 is 19.1 Å². The smallest absolute Gasteiger partial charge is 0.255 e. The zero-order chi connectivity index (χ0) is 26.3. The number of thiophene rings is 1. The van der Waals surface area contributed by atoms with Crippen molar-refractivity contribution in [3.05, 3.63) is 87.9 Å². The van der Waals surface area contributed by atoms with E-state index in [1.807, 2.05) is 48.5 Å². The Labute approximate surface area is 225 Å². The van der Waals surface area contributed by atoms with E-state index in [2.05, 4.69) is 24.1 Å². The third-order valence-corrected chi connectivity index (χ3v) is 8.22. The average molecular weight is 528 g/mol. The van der Waals surface area contributed by atoms with Crippen LogP contribution >= 0.6 is 11.3 Å². The van der Waals surface area contributed by atoms with Crippen molar-refractivity contribution in [1.29, 1.82) is 0 Å². The fraction of sp³-hybridized carbons (Fsp3) is 0.300. The number of rotatable bonds is 5. The minimum Gasteiger partial charge on any atom is -0.378 e. The Morgan fingerprint density at radius 2 is 1.63 bits per heavy atom. The lowest BCUT2D eigenvalue weighted by molar-refractivity contribution is -0.0415. The van der Waals surface area contributed by atoms with Crippen LogP contribution in [0.2, 0.25) is 0 Å². The highest BCUT2D eigenvalue weighted by Gasteiger charge is 2.34. The molecular weight excluding hydrogens is 498 g/mol. The normalized spacial score (nSPS) is 16.7. The number of nitrogens with zero attached hydrogens (tertiary/aromatic N) is 2. The predicted molar refractivity (Wildman–Crippen MR) is 149 cm³/mol. The first-order valence-corrected chi connectivity index (χ1v) is 13.6. The molecule has 8 heteroatoms. The van der Waals surface area contributed by atoms with Gasteiger partial charge in [-0.3, -0.25) is 9.59 Å². The Kier molecular flexibility index (Phi) is 6.47. The van der Waals surface area contributed by atoms with Gasteiger partial charge in [0, 0.05) is 36.0 Å². The summed E-state index contributed by atoms with van der Waals surface area (Å²) >= 11 is 1.41. The SMILES string of the molecule is CC1(C)Cc2c(nc(N3CCOCC3)c3sc(C(=O)c4ccccc4)c(NC(=O)c4ccccc4)c23)CO1. The molecule has 4 heterocycles. The molecule has 0 unspecified atom stereocenters. The van der Waals surface area contributed by atoms with Gasteiger partial charge in [0.05, 0.1) is 46.4 Å². The van der Waals surface area contributed by atoms with E-state index in [1.54, 1.807) is 12.1 Å². The Hall–Kier alpha value is -3.59. The maximum Gasteiger partial charge on any atom is 0.255 e. The molecule has 0 aliphatic carbocycles. The minimum atomic E-state index is -0.395. The predicted octanol–water partition coefficient (Wildman–Crippen LogP) is 5.47. The van der Waals surface area contributed by atoms with Crippen LogP contribution in [0.5, 0.6) is 0 Å². The highest BCUT2D eigenvalue weighted by molar-refractivity contribution is 7.22. The first kappa shape index (κ1) is 24.7. The van der Waals surface area contributed by atoms with Crippen molar-refractivity contribution in [3.63, 3.8) is 0 Å². The van der Waals surface area contributed by atoms with E-state index in [4.69, 9.17) is 14.5 Å². The second-order valence-corrected chi connectivity index (χ2v) is 11.2. The Morgan fingerprint density at radius 1 is 0.974 bits per heavy atom. The molecule has 38 heavy (non-hydrogen) atoms. The number of ketones is 1. The maximum absolute atomic E-state index is 13.9. The van der Waals surface area contributed by atoms with Gasteiger partial charge in [-0.2, -0.15) is 0 Å². The molecule has 1 amide bonds. The molecule has 1 saturated heterocycles. The van der Waals surface area contributed by atoms with Gasteiger partial charge in [-0.25, -0.2) is 4.98 Å². The van der Waals surface area contributed by atoms with Crippen molar-refractivity contribution in [2.45, 2.75) is 32.5 Å². The van der Waals surface area contributed by atoms with E-state index < -0.39 is 5.60 Å². The Balaban J connectivity index is 1.60. The summed E-state index contributed by atoms with van der Waals surface area (Å²) in [5.74, 6) is 0.443. The van der Waals surface area contributed by atoms with Crippen LogP contribution in [0.4, 0.5) is 11.5 Å². The number of benzene rings is 2. The summed E-state index contributed by atoms with van der Waals surface area (Å²) in [5.41, 5.74) is 3.15. The molecule has 4 aromatic rings. The quantitative estimate of drug-likeness (QED) is 0.347. The van der Waals surface area contributed by atoms with Gasteiger partial charge in [-0.05, 0) is 31.5 Å². The zero-order valence-electron chi connectivity index (χ0n) is 21.5. The Bertz CT molecular complexity index is 1510. The third-order valence-electron chi connectivity index (χ3n) is 7.03. The van der Waals surface area contributed by atoms with Gasteiger partial charge in [0.25, 0.3) is 5.91 Å². The summed E-state index contributed by atoms with van der Waals surface area (Å²) < 4.78 is 12.6. The van der Waals surface area contributed by atoms with E-state index in [0.717, 1.165) is 27.2 Å². The Morgan fingerprint density at radius 3 is 2.32 bits per heavy atom. The maximum atomic E-state index is 13.9. The molecule has 2 aliphatic heterocycles. The fourth-order valence-corrected chi connectivity index (χ4v) is 6.34. The molecule has 0 atom stereocenters. The van der Waals surface area contributed by atoms with Gasteiger partial charge < -0.3 is 19.7 Å². The number of carbonyl (C=O) groups excluding carboxylic acids is 2. The molecule has 0 saturated carbocycles. The van der Waals surface area contributed by atoms with E-state index >= 15 is 0 Å². The number of aromatic nitrogens is 1. The van der Waals surface area contributed by atoms with Crippen molar-refractivity contribution in [2.24, 2.45) is 0 Å².